The zero-order valence-corrected chi connectivity index (χ0v) is 16.8. The SMILES string of the molecule is COc1ccc(N2C(=O)C(=O)/C(=C(\O)c3cccc(Cl)c3)C2c2ccccc2)cc1. The number of hydrogen-bond donors (Lipinski definition) is 1. The molecule has 3 aromatic rings. The summed E-state index contributed by atoms with van der Waals surface area (Å²) in [5, 5.41) is 11.4. The molecule has 1 amide bonds. The lowest BCUT2D eigenvalue weighted by Crippen LogP contribution is -2.29. The van der Waals surface area contributed by atoms with Gasteiger partial charge in [0.05, 0.1) is 18.7 Å². The van der Waals surface area contributed by atoms with Gasteiger partial charge in [-0.1, -0.05) is 54.1 Å². The number of halogens is 1. The molecule has 1 heterocycles. The molecule has 0 aromatic heterocycles. The fraction of sp³-hybridized carbons (Fsp3) is 0.0833. The number of methoxy groups -OCH3 is 1. The minimum absolute atomic E-state index is 0.0179. The van der Waals surface area contributed by atoms with Crippen LogP contribution in [0.1, 0.15) is 17.2 Å². The van der Waals surface area contributed by atoms with E-state index in [0.29, 0.717) is 27.6 Å². The molecule has 30 heavy (non-hydrogen) atoms. The van der Waals surface area contributed by atoms with Crippen LogP contribution in [0.5, 0.6) is 5.75 Å². The van der Waals surface area contributed by atoms with E-state index in [1.807, 2.05) is 30.3 Å². The second-order valence-electron chi connectivity index (χ2n) is 6.79. The van der Waals surface area contributed by atoms with Crippen LogP contribution in [0.25, 0.3) is 5.76 Å². The molecule has 0 bridgehead atoms. The zero-order valence-electron chi connectivity index (χ0n) is 16.1. The van der Waals surface area contributed by atoms with E-state index in [1.165, 1.54) is 4.90 Å². The van der Waals surface area contributed by atoms with Crippen molar-refractivity contribution in [3.63, 3.8) is 0 Å². The van der Waals surface area contributed by atoms with Gasteiger partial charge in [0.1, 0.15) is 11.5 Å². The van der Waals surface area contributed by atoms with Gasteiger partial charge >= 0.3 is 0 Å². The Morgan fingerprint density at radius 1 is 0.967 bits per heavy atom. The molecule has 0 radical (unpaired) electrons. The molecule has 150 valence electrons. The van der Waals surface area contributed by atoms with E-state index in [0.717, 1.165) is 0 Å². The van der Waals surface area contributed by atoms with Gasteiger partial charge in [0, 0.05) is 16.3 Å². The monoisotopic (exact) mass is 419 g/mol. The highest BCUT2D eigenvalue weighted by Gasteiger charge is 2.46. The van der Waals surface area contributed by atoms with Crippen LogP contribution < -0.4 is 9.64 Å². The Bertz CT molecular complexity index is 1140. The number of ketones is 1. The summed E-state index contributed by atoms with van der Waals surface area (Å²) in [5.41, 5.74) is 1.62. The third-order valence-corrected chi connectivity index (χ3v) is 5.24. The van der Waals surface area contributed by atoms with Gasteiger partial charge in [-0.3, -0.25) is 14.5 Å². The first-order chi connectivity index (χ1) is 14.5. The molecule has 1 aliphatic rings. The highest BCUT2D eigenvalue weighted by molar-refractivity contribution is 6.51. The van der Waals surface area contributed by atoms with Gasteiger partial charge < -0.3 is 9.84 Å². The molecule has 1 saturated heterocycles. The molecule has 1 aliphatic heterocycles. The number of aliphatic hydroxyl groups is 1. The van der Waals surface area contributed by atoms with Crippen LogP contribution in [-0.4, -0.2) is 23.9 Å². The lowest BCUT2D eigenvalue weighted by molar-refractivity contribution is -0.132. The van der Waals surface area contributed by atoms with Crippen molar-refractivity contribution in [1.82, 2.24) is 0 Å². The van der Waals surface area contributed by atoms with Gasteiger partial charge in [0.15, 0.2) is 0 Å². The average Bonchev–Trinajstić information content (AvgIpc) is 3.04. The van der Waals surface area contributed by atoms with Crippen molar-refractivity contribution in [3.8, 4) is 5.75 Å². The number of carbonyl (C=O) groups excluding carboxylic acids is 2. The minimum atomic E-state index is -0.779. The first-order valence-corrected chi connectivity index (χ1v) is 9.65. The molecule has 3 aromatic carbocycles. The molecule has 1 N–H and O–H groups in total. The molecule has 1 unspecified atom stereocenters. The molecule has 0 spiro atoms. The van der Waals surface area contributed by atoms with Crippen molar-refractivity contribution >= 4 is 34.7 Å². The molecule has 1 fully saturated rings. The molecule has 4 rings (SSSR count). The molecule has 0 aliphatic carbocycles. The van der Waals surface area contributed by atoms with Crippen molar-refractivity contribution in [3.05, 3.63) is 101 Å². The van der Waals surface area contributed by atoms with E-state index in [-0.39, 0.29) is 11.3 Å². The van der Waals surface area contributed by atoms with Crippen LogP contribution in [0.4, 0.5) is 5.69 Å². The molecular weight excluding hydrogens is 402 g/mol. The number of anilines is 1. The summed E-state index contributed by atoms with van der Waals surface area (Å²) < 4.78 is 5.19. The van der Waals surface area contributed by atoms with E-state index in [1.54, 1.807) is 55.6 Å². The average molecular weight is 420 g/mol. The summed E-state index contributed by atoms with van der Waals surface area (Å²) in [6.07, 6.45) is 0. The highest BCUT2D eigenvalue weighted by atomic mass is 35.5. The molecule has 5 nitrogen and oxygen atoms in total. The summed E-state index contributed by atoms with van der Waals surface area (Å²) in [7, 11) is 1.55. The Balaban J connectivity index is 1.92. The van der Waals surface area contributed by atoms with E-state index in [9.17, 15) is 14.7 Å². The van der Waals surface area contributed by atoms with Crippen LogP contribution in [0, 0.1) is 0 Å². The summed E-state index contributed by atoms with van der Waals surface area (Å²) in [6.45, 7) is 0. The molecular formula is C24H18ClNO4. The Morgan fingerprint density at radius 3 is 2.30 bits per heavy atom. The quantitative estimate of drug-likeness (QED) is 0.368. The van der Waals surface area contributed by atoms with Crippen molar-refractivity contribution in [2.75, 3.05) is 12.0 Å². The zero-order chi connectivity index (χ0) is 21.3. The first kappa shape index (κ1) is 19.7. The standard InChI is InChI=1S/C24H18ClNO4/c1-30-19-12-10-18(11-13-19)26-21(15-6-3-2-4-7-15)20(23(28)24(26)29)22(27)16-8-5-9-17(25)14-16/h2-14,21,27H,1H3/b22-20-. The van der Waals surface area contributed by atoms with Gasteiger partial charge in [0.25, 0.3) is 11.7 Å². The second kappa shape index (κ2) is 8.05. The van der Waals surface area contributed by atoms with Crippen molar-refractivity contribution < 1.29 is 19.4 Å². The van der Waals surface area contributed by atoms with Crippen molar-refractivity contribution in [1.29, 1.82) is 0 Å². The number of aliphatic hydroxyl groups excluding tert-OH is 1. The third-order valence-electron chi connectivity index (χ3n) is 5.01. The van der Waals surface area contributed by atoms with Crippen LogP contribution >= 0.6 is 11.6 Å². The summed E-state index contributed by atoms with van der Waals surface area (Å²) >= 11 is 6.06. The number of hydrogen-bond acceptors (Lipinski definition) is 4. The number of carbonyl (C=O) groups is 2. The largest absolute Gasteiger partial charge is 0.507 e. The van der Waals surface area contributed by atoms with Crippen LogP contribution in [0.3, 0.4) is 0 Å². The number of Topliss-reactive ketones (excluding diaryl/α,β-unsaturated/α-hetero) is 1. The Kier molecular flexibility index (Phi) is 5.29. The fourth-order valence-corrected chi connectivity index (χ4v) is 3.77. The van der Waals surface area contributed by atoms with E-state index in [2.05, 4.69) is 0 Å². The normalized spacial score (nSPS) is 17.9. The van der Waals surface area contributed by atoms with Gasteiger partial charge in [-0.25, -0.2) is 0 Å². The van der Waals surface area contributed by atoms with E-state index in [4.69, 9.17) is 16.3 Å². The van der Waals surface area contributed by atoms with Crippen molar-refractivity contribution in [2.45, 2.75) is 6.04 Å². The van der Waals surface area contributed by atoms with Crippen LogP contribution in [0.15, 0.2) is 84.4 Å². The topological polar surface area (TPSA) is 66.8 Å². The predicted octanol–water partition coefficient (Wildman–Crippen LogP) is 4.97. The second-order valence-corrected chi connectivity index (χ2v) is 7.22. The fourth-order valence-electron chi connectivity index (χ4n) is 3.58. The Labute approximate surface area is 178 Å². The Morgan fingerprint density at radius 2 is 1.67 bits per heavy atom. The molecule has 6 heteroatoms. The smallest absolute Gasteiger partial charge is 0.300 e. The third kappa shape index (κ3) is 3.44. The lowest BCUT2D eigenvalue weighted by Gasteiger charge is -2.25. The molecule has 1 atom stereocenters. The van der Waals surface area contributed by atoms with E-state index >= 15 is 0 Å². The van der Waals surface area contributed by atoms with Gasteiger partial charge in [-0.2, -0.15) is 0 Å². The van der Waals surface area contributed by atoms with Crippen molar-refractivity contribution in [2.24, 2.45) is 0 Å². The minimum Gasteiger partial charge on any atom is -0.507 e. The van der Waals surface area contributed by atoms with Crippen LogP contribution in [0.2, 0.25) is 5.02 Å². The molecule has 0 saturated carbocycles. The number of rotatable bonds is 4. The number of ether oxygens (including phenoxy) is 1. The predicted molar refractivity (Wildman–Crippen MR) is 116 cm³/mol. The Hall–Kier alpha value is -3.57. The van der Waals surface area contributed by atoms with Crippen LogP contribution in [-0.2, 0) is 9.59 Å². The maximum Gasteiger partial charge on any atom is 0.300 e. The highest BCUT2D eigenvalue weighted by Crippen LogP contribution is 2.42. The lowest BCUT2D eigenvalue weighted by atomic mass is 9.95. The van der Waals surface area contributed by atoms with Gasteiger partial charge in [0.2, 0.25) is 0 Å². The van der Waals surface area contributed by atoms with Gasteiger partial charge in [-0.05, 0) is 42.0 Å². The van der Waals surface area contributed by atoms with E-state index < -0.39 is 17.7 Å². The summed E-state index contributed by atoms with van der Waals surface area (Å²) in [5.74, 6) is -1.10. The number of benzene rings is 3. The maximum absolute atomic E-state index is 13.0. The summed E-state index contributed by atoms with van der Waals surface area (Å²) in [4.78, 5) is 27.5. The number of nitrogens with zero attached hydrogens (tertiary/aromatic N) is 1. The summed E-state index contributed by atoms with van der Waals surface area (Å²) in [6, 6.07) is 21.7. The maximum atomic E-state index is 13.0. The number of amides is 1. The first-order valence-electron chi connectivity index (χ1n) is 9.27. The van der Waals surface area contributed by atoms with Gasteiger partial charge in [-0.15, -0.1) is 0 Å².